The number of halogens is 3. The number of carbonyl (C=O) groups is 1. The van der Waals surface area contributed by atoms with Crippen molar-refractivity contribution in [2.75, 3.05) is 31.1 Å². The lowest BCUT2D eigenvalue weighted by atomic mass is 10.1. The first kappa shape index (κ1) is 27.3. The third-order valence-electron chi connectivity index (χ3n) is 6.77. The second-order valence-corrected chi connectivity index (χ2v) is 12.1. The van der Waals surface area contributed by atoms with Gasteiger partial charge in [-0.2, -0.15) is 30.6 Å². The smallest absolute Gasteiger partial charge is 0.417 e. The minimum absolute atomic E-state index is 0.0762. The van der Waals surface area contributed by atoms with Crippen molar-refractivity contribution >= 4 is 22.0 Å². The number of benzene rings is 1. The minimum Gasteiger partial charge on any atom is -0.459 e. The van der Waals surface area contributed by atoms with Crippen molar-refractivity contribution in [2.45, 2.75) is 50.9 Å². The molecule has 2 fully saturated rings. The fourth-order valence-corrected chi connectivity index (χ4v) is 6.42. The molecule has 3 atom stereocenters. The first-order chi connectivity index (χ1) is 17.1. The molecule has 1 saturated carbocycles. The molecule has 202 valence electrons. The molecule has 2 aromatic rings. The highest BCUT2D eigenvalue weighted by Gasteiger charge is 2.71. The van der Waals surface area contributed by atoms with Crippen LogP contribution < -0.4 is 9.62 Å². The predicted molar refractivity (Wildman–Crippen MR) is 132 cm³/mol. The van der Waals surface area contributed by atoms with Crippen molar-refractivity contribution in [1.29, 1.82) is 0 Å². The number of pyridine rings is 1. The summed E-state index contributed by atoms with van der Waals surface area (Å²) in [5.74, 6) is -1.02. The van der Waals surface area contributed by atoms with E-state index in [4.69, 9.17) is 4.74 Å². The van der Waals surface area contributed by atoms with Gasteiger partial charge in [0.15, 0.2) is 0 Å². The molecular weight excluding hydrogens is 509 g/mol. The monoisotopic (exact) mass is 540 g/mol. The van der Waals surface area contributed by atoms with Gasteiger partial charge in [0, 0.05) is 38.3 Å². The predicted octanol–water partition coefficient (Wildman–Crippen LogP) is 3.57. The van der Waals surface area contributed by atoms with E-state index >= 15 is 0 Å². The van der Waals surface area contributed by atoms with Crippen molar-refractivity contribution in [3.8, 4) is 0 Å². The van der Waals surface area contributed by atoms with Crippen LogP contribution in [0.5, 0.6) is 0 Å². The molecule has 0 amide bonds. The Bertz CT molecular complexity index is 1230. The van der Waals surface area contributed by atoms with Crippen molar-refractivity contribution < 1.29 is 31.1 Å². The molecule has 1 aromatic carbocycles. The number of aromatic nitrogens is 1. The molecule has 12 heteroatoms. The van der Waals surface area contributed by atoms with E-state index in [1.807, 2.05) is 37.3 Å². The van der Waals surface area contributed by atoms with Gasteiger partial charge in [-0.1, -0.05) is 37.3 Å². The maximum absolute atomic E-state index is 13.5. The Morgan fingerprint density at radius 2 is 1.68 bits per heavy atom. The molecule has 2 aliphatic rings. The van der Waals surface area contributed by atoms with Gasteiger partial charge in [0.1, 0.15) is 17.0 Å². The number of rotatable bonds is 6. The van der Waals surface area contributed by atoms with Crippen LogP contribution >= 0.6 is 0 Å². The number of carbonyl (C=O) groups excluding carboxylic acids is 1. The van der Waals surface area contributed by atoms with E-state index in [1.54, 1.807) is 25.7 Å². The molecule has 0 radical (unpaired) electrons. The summed E-state index contributed by atoms with van der Waals surface area (Å²) < 4.78 is 75.0. The Labute approximate surface area is 215 Å². The molecule has 1 unspecified atom stereocenters. The zero-order chi connectivity index (χ0) is 27.2. The molecule has 1 aliphatic heterocycles. The molecule has 1 N–H and O–H groups in total. The van der Waals surface area contributed by atoms with Gasteiger partial charge in [0.05, 0.1) is 5.56 Å². The fraction of sp³-hybridized carbons (Fsp3) is 0.520. The number of nitrogens with zero attached hydrogens (tertiary/aromatic N) is 3. The Kier molecular flexibility index (Phi) is 7.06. The summed E-state index contributed by atoms with van der Waals surface area (Å²) in [5, 5.41) is 0. The van der Waals surface area contributed by atoms with Gasteiger partial charge in [0.25, 0.3) is 10.2 Å². The van der Waals surface area contributed by atoms with Crippen LogP contribution in [-0.4, -0.2) is 61.0 Å². The highest BCUT2D eigenvalue weighted by atomic mass is 32.2. The lowest BCUT2D eigenvalue weighted by Gasteiger charge is -2.35. The van der Waals surface area contributed by atoms with E-state index in [-0.39, 0.29) is 32.1 Å². The molecule has 4 rings (SSSR count). The van der Waals surface area contributed by atoms with Gasteiger partial charge in [-0.25, -0.2) is 9.78 Å². The topological polar surface area (TPSA) is 91.8 Å². The van der Waals surface area contributed by atoms with E-state index in [9.17, 15) is 26.4 Å². The first-order valence-corrected chi connectivity index (χ1v) is 13.4. The number of hydrogen-bond acceptors (Lipinski definition) is 6. The Morgan fingerprint density at radius 1 is 1.05 bits per heavy atom. The Morgan fingerprint density at radius 3 is 2.19 bits per heavy atom. The molecule has 37 heavy (non-hydrogen) atoms. The normalized spacial score (nSPS) is 25.1. The van der Waals surface area contributed by atoms with Crippen molar-refractivity contribution in [3.05, 3.63) is 59.8 Å². The Balaban J connectivity index is 1.50. The molecule has 2 heterocycles. The number of piperazine rings is 1. The molecule has 1 saturated heterocycles. The van der Waals surface area contributed by atoms with E-state index < -0.39 is 45.0 Å². The van der Waals surface area contributed by atoms with E-state index in [0.717, 1.165) is 17.8 Å². The summed E-state index contributed by atoms with van der Waals surface area (Å²) >= 11 is 0. The second kappa shape index (κ2) is 9.55. The summed E-state index contributed by atoms with van der Waals surface area (Å²) in [6.07, 6.45) is -3.71. The van der Waals surface area contributed by atoms with Gasteiger partial charge in [-0.05, 0) is 44.4 Å². The summed E-state index contributed by atoms with van der Waals surface area (Å²) in [6.45, 7) is 7.62. The molecule has 8 nitrogen and oxygen atoms in total. The molecule has 1 aromatic heterocycles. The van der Waals surface area contributed by atoms with Crippen molar-refractivity contribution in [2.24, 2.45) is 5.92 Å². The summed E-state index contributed by atoms with van der Waals surface area (Å²) in [5.41, 5.74) is -2.26. The van der Waals surface area contributed by atoms with Crippen LogP contribution in [0.4, 0.5) is 19.0 Å². The number of esters is 1. The quantitative estimate of drug-likeness (QED) is 0.564. The highest BCUT2D eigenvalue weighted by Crippen LogP contribution is 2.58. The zero-order valence-corrected chi connectivity index (χ0v) is 21.9. The van der Waals surface area contributed by atoms with Crippen LogP contribution in [-0.2, 0) is 25.9 Å². The SMILES string of the molecule is C[C@@H]1[C@H](c2ccccc2)C1(NS(=O)(=O)N1CCN(c2ccc(C(F)(F)F)cn2)CC1)C(=O)OC(C)(C)C. The lowest BCUT2D eigenvalue weighted by molar-refractivity contribution is -0.158. The van der Waals surface area contributed by atoms with E-state index in [1.165, 1.54) is 10.4 Å². The average molecular weight is 541 g/mol. The highest BCUT2D eigenvalue weighted by molar-refractivity contribution is 7.87. The van der Waals surface area contributed by atoms with Crippen LogP contribution in [0.15, 0.2) is 48.7 Å². The number of hydrogen-bond donors (Lipinski definition) is 1. The number of anilines is 1. The van der Waals surface area contributed by atoms with Gasteiger partial charge >= 0.3 is 12.1 Å². The average Bonchev–Trinajstić information content (AvgIpc) is 3.41. The van der Waals surface area contributed by atoms with E-state index in [2.05, 4.69) is 9.71 Å². The molecule has 1 aliphatic carbocycles. The third kappa shape index (κ3) is 5.60. The number of nitrogens with one attached hydrogen (secondary N) is 1. The standard InChI is InChI=1S/C25H31F3N4O4S/c1-17-21(18-8-6-5-7-9-18)24(17,22(33)36-23(2,3)4)30-37(34,35)32-14-12-31(13-15-32)20-11-10-19(16-29-20)25(26,27)28/h5-11,16-17,21,30H,12-15H2,1-4H3/t17-,21-,24?/m1/s1. The van der Waals surface area contributed by atoms with Gasteiger partial charge in [0.2, 0.25) is 0 Å². The summed E-state index contributed by atoms with van der Waals surface area (Å²) in [4.78, 5) is 19.0. The first-order valence-electron chi connectivity index (χ1n) is 12.0. The Hall–Kier alpha value is -2.70. The van der Waals surface area contributed by atoms with Crippen LogP contribution in [0.1, 0.15) is 44.7 Å². The molecular formula is C25H31F3N4O4S. The van der Waals surface area contributed by atoms with Crippen LogP contribution in [0.3, 0.4) is 0 Å². The molecule has 0 bridgehead atoms. The van der Waals surface area contributed by atoms with Gasteiger partial charge < -0.3 is 9.64 Å². The maximum Gasteiger partial charge on any atom is 0.417 e. The van der Waals surface area contributed by atoms with Crippen LogP contribution in [0.2, 0.25) is 0 Å². The van der Waals surface area contributed by atoms with E-state index in [0.29, 0.717) is 5.82 Å². The molecule has 0 spiro atoms. The largest absolute Gasteiger partial charge is 0.459 e. The van der Waals surface area contributed by atoms with Crippen molar-refractivity contribution in [1.82, 2.24) is 14.0 Å². The van der Waals surface area contributed by atoms with Crippen LogP contribution in [0.25, 0.3) is 0 Å². The minimum atomic E-state index is -4.48. The van der Waals surface area contributed by atoms with Gasteiger partial charge in [-0.3, -0.25) is 0 Å². The number of ether oxygens (including phenoxy) is 1. The fourth-order valence-electron chi connectivity index (χ4n) is 4.82. The van der Waals surface area contributed by atoms with Crippen molar-refractivity contribution in [3.63, 3.8) is 0 Å². The maximum atomic E-state index is 13.5. The zero-order valence-electron chi connectivity index (χ0n) is 21.1. The second-order valence-electron chi connectivity index (χ2n) is 10.4. The summed E-state index contributed by atoms with van der Waals surface area (Å²) in [6, 6.07) is 11.5. The lowest BCUT2D eigenvalue weighted by Crippen LogP contribution is -2.57. The summed E-state index contributed by atoms with van der Waals surface area (Å²) in [7, 11) is -4.10. The number of alkyl halides is 3. The third-order valence-corrected chi connectivity index (χ3v) is 8.41. The van der Waals surface area contributed by atoms with Crippen LogP contribution in [0, 0.1) is 5.92 Å². The van der Waals surface area contributed by atoms with Gasteiger partial charge in [-0.15, -0.1) is 0 Å².